The zero-order chi connectivity index (χ0) is 14.9. The highest BCUT2D eigenvalue weighted by molar-refractivity contribution is 9.10. The Morgan fingerprint density at radius 1 is 1.14 bits per heavy atom. The number of benzene rings is 2. The van der Waals surface area contributed by atoms with E-state index in [0.29, 0.717) is 18.8 Å². The predicted octanol–water partition coefficient (Wildman–Crippen LogP) is 3.90. The largest absolute Gasteiger partial charge is 0.381 e. The van der Waals surface area contributed by atoms with Gasteiger partial charge in [-0.3, -0.25) is 4.79 Å². The molecule has 3 rings (SSSR count). The van der Waals surface area contributed by atoms with E-state index in [1.165, 1.54) is 0 Å². The predicted molar refractivity (Wildman–Crippen MR) is 87.6 cm³/mol. The number of hydrogen-bond donors (Lipinski definition) is 1. The van der Waals surface area contributed by atoms with E-state index >= 15 is 0 Å². The molecular weight excluding hydrogens is 330 g/mol. The highest BCUT2D eigenvalue weighted by Crippen LogP contribution is 2.23. The highest BCUT2D eigenvalue weighted by Gasteiger charge is 2.29. The fourth-order valence-electron chi connectivity index (χ4n) is 2.65. The molecule has 0 spiro atoms. The number of fused-ring (bicyclic) bond motifs is 1. The van der Waals surface area contributed by atoms with Gasteiger partial charge < -0.3 is 10.1 Å². The summed E-state index contributed by atoms with van der Waals surface area (Å²) in [7, 11) is 0. The van der Waals surface area contributed by atoms with E-state index in [2.05, 4.69) is 34.2 Å². The van der Waals surface area contributed by atoms with E-state index in [1.54, 1.807) is 0 Å². The third-order valence-electron chi connectivity index (χ3n) is 4.08. The Morgan fingerprint density at radius 2 is 1.81 bits per heavy atom. The lowest BCUT2D eigenvalue weighted by molar-refractivity contribution is 0.0423. The van der Waals surface area contributed by atoms with Crippen LogP contribution in [-0.2, 0) is 4.74 Å². The van der Waals surface area contributed by atoms with Crippen LogP contribution in [-0.4, -0.2) is 24.7 Å². The Bertz CT molecular complexity index is 678. The molecule has 0 unspecified atom stereocenters. The van der Waals surface area contributed by atoms with Crippen LogP contribution in [0.1, 0.15) is 30.1 Å². The van der Waals surface area contributed by atoms with Gasteiger partial charge in [0, 0.05) is 28.8 Å². The maximum Gasteiger partial charge on any atom is 0.251 e. The standard InChI is InChI=1S/C17H18BrNO2/c1-17(6-8-21-9-7-17)19-16(20)14-3-2-13-11-15(18)5-4-12(13)10-14/h2-5,10-11H,6-9H2,1H3,(H,19,20). The minimum atomic E-state index is -0.163. The summed E-state index contributed by atoms with van der Waals surface area (Å²) in [5, 5.41) is 5.35. The van der Waals surface area contributed by atoms with Gasteiger partial charge in [0.05, 0.1) is 0 Å². The molecular formula is C17H18BrNO2. The second-order valence-electron chi connectivity index (χ2n) is 5.83. The molecule has 0 radical (unpaired) electrons. The van der Waals surface area contributed by atoms with Crippen LogP contribution < -0.4 is 5.32 Å². The average Bonchev–Trinajstić information content (AvgIpc) is 2.47. The van der Waals surface area contributed by atoms with Crippen molar-refractivity contribution in [3.8, 4) is 0 Å². The van der Waals surface area contributed by atoms with Crippen molar-refractivity contribution in [1.29, 1.82) is 0 Å². The van der Waals surface area contributed by atoms with Gasteiger partial charge in [0.1, 0.15) is 0 Å². The molecule has 21 heavy (non-hydrogen) atoms. The van der Waals surface area contributed by atoms with Crippen molar-refractivity contribution in [2.24, 2.45) is 0 Å². The van der Waals surface area contributed by atoms with Crippen LogP contribution in [0.3, 0.4) is 0 Å². The molecule has 1 heterocycles. The van der Waals surface area contributed by atoms with Crippen molar-refractivity contribution in [1.82, 2.24) is 5.32 Å². The number of carbonyl (C=O) groups excluding carboxylic acids is 1. The molecule has 2 aromatic rings. The first-order chi connectivity index (χ1) is 10.1. The number of carbonyl (C=O) groups is 1. The molecule has 1 aliphatic rings. The van der Waals surface area contributed by atoms with E-state index < -0.39 is 0 Å². The molecule has 1 fully saturated rings. The van der Waals surface area contributed by atoms with Crippen molar-refractivity contribution < 1.29 is 9.53 Å². The smallest absolute Gasteiger partial charge is 0.251 e. The van der Waals surface area contributed by atoms with Crippen LogP contribution in [0.2, 0.25) is 0 Å². The molecule has 1 N–H and O–H groups in total. The lowest BCUT2D eigenvalue weighted by Crippen LogP contribution is -2.49. The van der Waals surface area contributed by atoms with E-state index in [-0.39, 0.29) is 11.4 Å². The van der Waals surface area contributed by atoms with Gasteiger partial charge in [-0.1, -0.05) is 28.1 Å². The Kier molecular flexibility index (Phi) is 4.00. The van der Waals surface area contributed by atoms with E-state index in [4.69, 9.17) is 4.74 Å². The fourth-order valence-corrected chi connectivity index (χ4v) is 3.03. The number of rotatable bonds is 2. The van der Waals surface area contributed by atoms with Crippen molar-refractivity contribution in [2.45, 2.75) is 25.3 Å². The van der Waals surface area contributed by atoms with Gasteiger partial charge in [-0.15, -0.1) is 0 Å². The molecule has 110 valence electrons. The van der Waals surface area contributed by atoms with Gasteiger partial charge in [-0.2, -0.15) is 0 Å². The summed E-state index contributed by atoms with van der Waals surface area (Å²) in [6.45, 7) is 3.51. The fraction of sp³-hybridized carbons (Fsp3) is 0.353. The van der Waals surface area contributed by atoms with E-state index in [1.807, 2.05) is 30.3 Å². The normalized spacial score (nSPS) is 17.6. The Hall–Kier alpha value is -1.39. The summed E-state index contributed by atoms with van der Waals surface area (Å²) < 4.78 is 6.41. The first-order valence-corrected chi connectivity index (χ1v) is 7.95. The first-order valence-electron chi connectivity index (χ1n) is 7.15. The van der Waals surface area contributed by atoms with Crippen LogP contribution in [0.4, 0.5) is 0 Å². The lowest BCUT2D eigenvalue weighted by Gasteiger charge is -2.34. The molecule has 1 saturated heterocycles. The zero-order valence-corrected chi connectivity index (χ0v) is 13.6. The molecule has 3 nitrogen and oxygen atoms in total. The van der Waals surface area contributed by atoms with Crippen molar-refractivity contribution in [3.63, 3.8) is 0 Å². The van der Waals surface area contributed by atoms with Crippen molar-refractivity contribution >= 4 is 32.6 Å². The molecule has 1 amide bonds. The summed E-state index contributed by atoms with van der Waals surface area (Å²) >= 11 is 3.46. The molecule has 0 atom stereocenters. The number of amides is 1. The average molecular weight is 348 g/mol. The molecule has 0 aromatic heterocycles. The van der Waals surface area contributed by atoms with Crippen LogP contribution in [0, 0.1) is 0 Å². The Morgan fingerprint density at radius 3 is 2.57 bits per heavy atom. The quantitative estimate of drug-likeness (QED) is 0.894. The third-order valence-corrected chi connectivity index (χ3v) is 4.57. The maximum atomic E-state index is 12.5. The van der Waals surface area contributed by atoms with Crippen LogP contribution in [0.5, 0.6) is 0 Å². The summed E-state index contributed by atoms with van der Waals surface area (Å²) in [6, 6.07) is 11.9. The minimum Gasteiger partial charge on any atom is -0.381 e. The summed E-state index contributed by atoms with van der Waals surface area (Å²) in [6.07, 6.45) is 1.72. The molecule has 0 saturated carbocycles. The van der Waals surface area contributed by atoms with Gasteiger partial charge in [-0.25, -0.2) is 0 Å². The van der Waals surface area contributed by atoms with Gasteiger partial charge in [0.15, 0.2) is 0 Å². The Balaban J connectivity index is 1.82. The maximum absolute atomic E-state index is 12.5. The van der Waals surface area contributed by atoms with E-state index in [9.17, 15) is 4.79 Å². The summed E-state index contributed by atoms with van der Waals surface area (Å²) in [5.74, 6) is -0.00998. The number of ether oxygens (including phenoxy) is 1. The third kappa shape index (κ3) is 3.27. The first kappa shape index (κ1) is 14.5. The molecule has 2 aromatic carbocycles. The molecule has 0 aliphatic carbocycles. The lowest BCUT2D eigenvalue weighted by atomic mass is 9.92. The molecule has 0 bridgehead atoms. The van der Waals surface area contributed by atoms with Crippen LogP contribution >= 0.6 is 15.9 Å². The van der Waals surface area contributed by atoms with Gasteiger partial charge in [0.2, 0.25) is 0 Å². The van der Waals surface area contributed by atoms with E-state index in [0.717, 1.165) is 28.1 Å². The van der Waals surface area contributed by atoms with Crippen LogP contribution in [0.15, 0.2) is 40.9 Å². The Labute approximate surface area is 132 Å². The van der Waals surface area contributed by atoms with Gasteiger partial charge in [-0.05, 0) is 54.8 Å². The van der Waals surface area contributed by atoms with Crippen molar-refractivity contribution in [3.05, 3.63) is 46.4 Å². The summed E-state index contributed by atoms with van der Waals surface area (Å²) in [5.41, 5.74) is 0.543. The number of halogens is 1. The minimum absolute atomic E-state index is 0.00998. The van der Waals surface area contributed by atoms with Gasteiger partial charge >= 0.3 is 0 Å². The highest BCUT2D eigenvalue weighted by atomic mass is 79.9. The second-order valence-corrected chi connectivity index (χ2v) is 6.75. The number of nitrogens with one attached hydrogen (secondary N) is 1. The zero-order valence-electron chi connectivity index (χ0n) is 12.0. The monoisotopic (exact) mass is 347 g/mol. The topological polar surface area (TPSA) is 38.3 Å². The number of hydrogen-bond acceptors (Lipinski definition) is 2. The SMILES string of the molecule is CC1(NC(=O)c2ccc3cc(Br)ccc3c2)CCOCC1. The van der Waals surface area contributed by atoms with Crippen LogP contribution in [0.25, 0.3) is 10.8 Å². The molecule has 4 heteroatoms. The van der Waals surface area contributed by atoms with Crippen molar-refractivity contribution in [2.75, 3.05) is 13.2 Å². The summed E-state index contributed by atoms with van der Waals surface area (Å²) in [4.78, 5) is 12.5. The molecule has 1 aliphatic heterocycles. The van der Waals surface area contributed by atoms with Gasteiger partial charge in [0.25, 0.3) is 5.91 Å². The second kappa shape index (κ2) is 5.78.